The first-order valence-corrected chi connectivity index (χ1v) is 7.19. The Labute approximate surface area is 127 Å². The van der Waals surface area contributed by atoms with Gasteiger partial charge in [-0.3, -0.25) is 9.59 Å². The van der Waals surface area contributed by atoms with Crippen molar-refractivity contribution in [2.75, 3.05) is 0 Å². The first kappa shape index (κ1) is 14.3. The minimum absolute atomic E-state index is 0.182. The highest BCUT2D eigenvalue weighted by atomic mass is 16.4. The minimum atomic E-state index is -0.895. The molecule has 0 bridgehead atoms. The van der Waals surface area contributed by atoms with Crippen molar-refractivity contribution in [2.45, 2.75) is 19.4 Å². The summed E-state index contributed by atoms with van der Waals surface area (Å²) in [4.78, 5) is 22.8. The molecule has 1 aliphatic rings. The number of rotatable bonds is 5. The highest BCUT2D eigenvalue weighted by molar-refractivity contribution is 5.89. The standard InChI is InChI=1S/C16H17N3O3/c1-10(18-15(20)13-9-14(13)16(21)22)11-4-2-5-12(8-11)19-7-3-6-17-19/h2-8,10,13-14H,9H2,1H3,(H,18,20)(H,21,22)/t10-,13-,14-/m0/s1. The molecule has 6 heteroatoms. The van der Waals surface area contributed by atoms with Gasteiger partial charge in [-0.2, -0.15) is 5.10 Å². The molecule has 1 amide bonds. The molecule has 0 saturated heterocycles. The summed E-state index contributed by atoms with van der Waals surface area (Å²) in [6.07, 6.45) is 3.99. The molecule has 1 heterocycles. The smallest absolute Gasteiger partial charge is 0.307 e. The van der Waals surface area contributed by atoms with Gasteiger partial charge in [-0.05, 0) is 37.1 Å². The summed E-state index contributed by atoms with van der Waals surface area (Å²) in [6.45, 7) is 1.89. The molecule has 2 N–H and O–H groups in total. The highest BCUT2D eigenvalue weighted by Gasteiger charge is 2.48. The van der Waals surface area contributed by atoms with Crippen molar-refractivity contribution < 1.29 is 14.7 Å². The van der Waals surface area contributed by atoms with Gasteiger partial charge in [0, 0.05) is 12.4 Å². The van der Waals surface area contributed by atoms with Crippen molar-refractivity contribution >= 4 is 11.9 Å². The predicted octanol–water partition coefficient (Wildman–Crippen LogP) is 1.77. The number of amides is 1. The normalized spacial score (nSPS) is 21.1. The third kappa shape index (κ3) is 2.86. The van der Waals surface area contributed by atoms with Crippen LogP contribution in [0.1, 0.15) is 24.9 Å². The minimum Gasteiger partial charge on any atom is -0.481 e. The van der Waals surface area contributed by atoms with E-state index in [2.05, 4.69) is 10.4 Å². The second-order valence-corrected chi connectivity index (χ2v) is 5.56. The Morgan fingerprint density at radius 1 is 1.36 bits per heavy atom. The van der Waals surface area contributed by atoms with Gasteiger partial charge in [-0.1, -0.05) is 12.1 Å². The van der Waals surface area contributed by atoms with Crippen molar-refractivity contribution in [1.29, 1.82) is 0 Å². The van der Waals surface area contributed by atoms with Crippen LogP contribution in [0.5, 0.6) is 0 Å². The molecular weight excluding hydrogens is 282 g/mol. The van der Waals surface area contributed by atoms with Gasteiger partial charge in [-0.25, -0.2) is 4.68 Å². The van der Waals surface area contributed by atoms with E-state index >= 15 is 0 Å². The fourth-order valence-electron chi connectivity index (χ4n) is 2.52. The number of carboxylic acid groups (broad SMARTS) is 1. The lowest BCUT2D eigenvalue weighted by molar-refractivity contribution is -0.140. The van der Waals surface area contributed by atoms with Crippen LogP contribution in [0.15, 0.2) is 42.7 Å². The second-order valence-electron chi connectivity index (χ2n) is 5.56. The van der Waals surface area contributed by atoms with Gasteiger partial charge in [0.25, 0.3) is 0 Å². The Kier molecular flexibility index (Phi) is 3.66. The van der Waals surface area contributed by atoms with Gasteiger partial charge < -0.3 is 10.4 Å². The van der Waals surface area contributed by atoms with Crippen molar-refractivity contribution in [2.24, 2.45) is 11.8 Å². The number of hydrogen-bond acceptors (Lipinski definition) is 3. The number of carbonyl (C=O) groups is 2. The Morgan fingerprint density at radius 2 is 2.18 bits per heavy atom. The third-order valence-electron chi connectivity index (χ3n) is 3.94. The lowest BCUT2D eigenvalue weighted by atomic mass is 10.1. The molecule has 6 nitrogen and oxygen atoms in total. The van der Waals surface area contributed by atoms with Crippen molar-refractivity contribution in [1.82, 2.24) is 15.1 Å². The van der Waals surface area contributed by atoms with Gasteiger partial charge in [-0.15, -0.1) is 0 Å². The quantitative estimate of drug-likeness (QED) is 0.881. The van der Waals surface area contributed by atoms with Gasteiger partial charge in [0.15, 0.2) is 0 Å². The van der Waals surface area contributed by atoms with Crippen LogP contribution in [-0.2, 0) is 9.59 Å². The van der Waals surface area contributed by atoms with Crippen LogP contribution in [0.2, 0.25) is 0 Å². The van der Waals surface area contributed by atoms with E-state index in [1.165, 1.54) is 0 Å². The largest absolute Gasteiger partial charge is 0.481 e. The number of carbonyl (C=O) groups excluding carboxylic acids is 1. The molecule has 3 atom stereocenters. The Morgan fingerprint density at radius 3 is 2.82 bits per heavy atom. The highest BCUT2D eigenvalue weighted by Crippen LogP contribution is 2.39. The monoisotopic (exact) mass is 299 g/mol. The van der Waals surface area contributed by atoms with Gasteiger partial charge in [0.1, 0.15) is 0 Å². The zero-order valence-corrected chi connectivity index (χ0v) is 12.1. The van der Waals surface area contributed by atoms with E-state index in [0.29, 0.717) is 6.42 Å². The van der Waals surface area contributed by atoms with Crippen LogP contribution < -0.4 is 5.32 Å². The predicted molar refractivity (Wildman–Crippen MR) is 79.4 cm³/mol. The molecule has 0 radical (unpaired) electrons. The number of benzene rings is 1. The maximum atomic E-state index is 12.0. The molecule has 2 aromatic rings. The Bertz CT molecular complexity index is 696. The molecule has 0 aliphatic heterocycles. The number of aromatic nitrogens is 2. The summed E-state index contributed by atoms with van der Waals surface area (Å²) < 4.78 is 1.75. The summed E-state index contributed by atoms with van der Waals surface area (Å²) in [7, 11) is 0. The van der Waals surface area contributed by atoms with Crippen molar-refractivity contribution in [3.63, 3.8) is 0 Å². The molecule has 1 saturated carbocycles. The van der Waals surface area contributed by atoms with Crippen LogP contribution >= 0.6 is 0 Å². The van der Waals surface area contributed by atoms with Gasteiger partial charge in [0.2, 0.25) is 5.91 Å². The molecule has 0 spiro atoms. The summed E-state index contributed by atoms with van der Waals surface area (Å²) >= 11 is 0. The molecule has 22 heavy (non-hydrogen) atoms. The van der Waals surface area contributed by atoms with Crippen LogP contribution in [0.4, 0.5) is 0 Å². The average molecular weight is 299 g/mol. The molecular formula is C16H17N3O3. The number of carboxylic acids is 1. The molecule has 1 aliphatic carbocycles. The van der Waals surface area contributed by atoms with E-state index in [0.717, 1.165) is 11.3 Å². The van der Waals surface area contributed by atoms with Gasteiger partial charge in [0.05, 0.1) is 23.6 Å². The number of nitrogens with one attached hydrogen (secondary N) is 1. The van der Waals surface area contributed by atoms with Crippen LogP contribution in [-0.4, -0.2) is 26.8 Å². The van der Waals surface area contributed by atoms with Crippen molar-refractivity contribution in [3.8, 4) is 5.69 Å². The van der Waals surface area contributed by atoms with E-state index in [1.807, 2.05) is 43.5 Å². The molecule has 1 aromatic carbocycles. The summed E-state index contributed by atoms with van der Waals surface area (Å²) in [6, 6.07) is 9.40. The van der Waals surface area contributed by atoms with E-state index in [9.17, 15) is 9.59 Å². The maximum absolute atomic E-state index is 12.0. The third-order valence-corrected chi connectivity index (χ3v) is 3.94. The molecule has 114 valence electrons. The fourth-order valence-corrected chi connectivity index (χ4v) is 2.52. The maximum Gasteiger partial charge on any atom is 0.307 e. The molecule has 0 unspecified atom stereocenters. The first-order valence-electron chi connectivity index (χ1n) is 7.19. The number of aliphatic carboxylic acids is 1. The second kappa shape index (κ2) is 5.63. The zero-order valence-electron chi connectivity index (χ0n) is 12.1. The average Bonchev–Trinajstić information content (AvgIpc) is 3.14. The topological polar surface area (TPSA) is 84.2 Å². The Hall–Kier alpha value is -2.63. The molecule has 1 aromatic heterocycles. The van der Waals surface area contributed by atoms with E-state index in [1.54, 1.807) is 10.9 Å². The van der Waals surface area contributed by atoms with Crippen LogP contribution in [0.25, 0.3) is 5.69 Å². The number of hydrogen-bond donors (Lipinski definition) is 2. The fraction of sp³-hybridized carbons (Fsp3) is 0.312. The van der Waals surface area contributed by atoms with Crippen LogP contribution in [0, 0.1) is 11.8 Å². The Balaban J connectivity index is 1.68. The van der Waals surface area contributed by atoms with Crippen LogP contribution in [0.3, 0.4) is 0 Å². The van der Waals surface area contributed by atoms with Gasteiger partial charge >= 0.3 is 5.97 Å². The first-order chi connectivity index (χ1) is 10.6. The zero-order chi connectivity index (χ0) is 15.7. The number of nitrogens with zero attached hydrogens (tertiary/aromatic N) is 2. The summed E-state index contributed by atoms with van der Waals surface area (Å²) in [5.41, 5.74) is 1.87. The van der Waals surface area contributed by atoms with E-state index < -0.39 is 17.8 Å². The summed E-state index contributed by atoms with van der Waals surface area (Å²) in [5, 5.41) is 15.9. The van der Waals surface area contributed by atoms with Crippen molar-refractivity contribution in [3.05, 3.63) is 48.3 Å². The van der Waals surface area contributed by atoms with E-state index in [4.69, 9.17) is 5.11 Å². The SMILES string of the molecule is C[C@H](NC(=O)[C@H]1C[C@@H]1C(=O)O)c1cccc(-n2cccn2)c1. The molecule has 1 fully saturated rings. The van der Waals surface area contributed by atoms with E-state index in [-0.39, 0.29) is 11.9 Å². The lowest BCUT2D eigenvalue weighted by Crippen LogP contribution is -2.29. The summed E-state index contributed by atoms with van der Waals surface area (Å²) in [5.74, 6) is -2.00. The lowest BCUT2D eigenvalue weighted by Gasteiger charge is -2.15. The molecule has 3 rings (SSSR count).